The van der Waals surface area contributed by atoms with Gasteiger partial charge < -0.3 is 5.32 Å². The summed E-state index contributed by atoms with van der Waals surface area (Å²) in [5.74, 6) is 2.97. The van der Waals surface area contributed by atoms with Gasteiger partial charge in [0.1, 0.15) is 11.6 Å². The third-order valence-corrected chi connectivity index (χ3v) is 3.03. The predicted octanol–water partition coefficient (Wildman–Crippen LogP) is 3.17. The van der Waals surface area contributed by atoms with Gasteiger partial charge in [-0.15, -0.1) is 0 Å². The molecule has 2 aromatic rings. The van der Waals surface area contributed by atoms with E-state index in [1.165, 1.54) is 0 Å². The average Bonchev–Trinajstić information content (AvgIpc) is 2.89. The van der Waals surface area contributed by atoms with E-state index < -0.39 is 0 Å². The van der Waals surface area contributed by atoms with E-state index >= 15 is 0 Å². The number of nitrogens with zero attached hydrogens (tertiary/aromatic N) is 4. The molecule has 0 saturated heterocycles. The van der Waals surface area contributed by atoms with Gasteiger partial charge in [-0.2, -0.15) is 5.10 Å². The summed E-state index contributed by atoms with van der Waals surface area (Å²) in [6.07, 6.45) is 3.87. The lowest BCUT2D eigenvalue weighted by atomic mass is 10.1. The Morgan fingerprint density at radius 3 is 2.65 bits per heavy atom. The molecule has 0 aliphatic carbocycles. The third kappa shape index (κ3) is 3.35. The van der Waals surface area contributed by atoms with Gasteiger partial charge in [-0.05, 0) is 25.3 Å². The van der Waals surface area contributed by atoms with Crippen molar-refractivity contribution in [2.24, 2.45) is 0 Å². The van der Waals surface area contributed by atoms with E-state index in [4.69, 9.17) is 0 Å². The highest BCUT2D eigenvalue weighted by molar-refractivity contribution is 5.41. The topological polar surface area (TPSA) is 55.6 Å². The van der Waals surface area contributed by atoms with Crippen molar-refractivity contribution in [3.8, 4) is 5.82 Å². The summed E-state index contributed by atoms with van der Waals surface area (Å²) in [6, 6.07) is 3.99. The van der Waals surface area contributed by atoms with E-state index in [2.05, 4.69) is 48.1 Å². The fourth-order valence-electron chi connectivity index (χ4n) is 1.98. The van der Waals surface area contributed by atoms with Gasteiger partial charge >= 0.3 is 0 Å². The zero-order valence-corrected chi connectivity index (χ0v) is 12.7. The lowest BCUT2D eigenvalue weighted by Crippen LogP contribution is -2.08. The van der Waals surface area contributed by atoms with Gasteiger partial charge in [-0.3, -0.25) is 0 Å². The van der Waals surface area contributed by atoms with Crippen LogP contribution in [0.1, 0.15) is 51.6 Å². The number of nitrogens with one attached hydrogen (secondary N) is 1. The van der Waals surface area contributed by atoms with Gasteiger partial charge in [0.25, 0.3) is 0 Å². The van der Waals surface area contributed by atoms with Crippen LogP contribution in [0.4, 0.5) is 5.82 Å². The molecular formula is C15H23N5. The number of rotatable bonds is 6. The van der Waals surface area contributed by atoms with Crippen molar-refractivity contribution in [3.05, 3.63) is 29.8 Å². The number of aryl methyl sites for hydroxylation is 1. The number of aromatic nitrogens is 4. The summed E-state index contributed by atoms with van der Waals surface area (Å²) in [7, 11) is 0. The minimum absolute atomic E-state index is 0.418. The van der Waals surface area contributed by atoms with Crippen molar-refractivity contribution in [3.63, 3.8) is 0 Å². The Kier molecular flexibility index (Phi) is 4.71. The van der Waals surface area contributed by atoms with Gasteiger partial charge in [0.15, 0.2) is 5.82 Å². The smallest absolute Gasteiger partial charge is 0.159 e. The number of hydrogen-bond acceptors (Lipinski definition) is 4. The molecular weight excluding hydrogens is 250 g/mol. The Morgan fingerprint density at radius 2 is 2.05 bits per heavy atom. The fraction of sp³-hybridized carbons (Fsp3) is 0.533. The maximum absolute atomic E-state index is 4.60. The van der Waals surface area contributed by atoms with E-state index in [1.54, 1.807) is 0 Å². The molecule has 0 spiro atoms. The van der Waals surface area contributed by atoms with Crippen LogP contribution in [0.2, 0.25) is 0 Å². The van der Waals surface area contributed by atoms with Gasteiger partial charge in [-0.1, -0.05) is 20.8 Å². The molecule has 0 saturated carbocycles. The van der Waals surface area contributed by atoms with Crippen molar-refractivity contribution < 1.29 is 0 Å². The highest BCUT2D eigenvalue weighted by Crippen LogP contribution is 2.15. The molecule has 0 radical (unpaired) electrons. The van der Waals surface area contributed by atoms with E-state index in [-0.39, 0.29) is 0 Å². The Hall–Kier alpha value is -1.91. The number of anilines is 1. The first-order chi connectivity index (χ1) is 9.63. The van der Waals surface area contributed by atoms with Crippen LogP contribution in [-0.2, 0) is 6.42 Å². The van der Waals surface area contributed by atoms with Crippen molar-refractivity contribution in [1.29, 1.82) is 0 Å². The van der Waals surface area contributed by atoms with Crippen LogP contribution in [0.5, 0.6) is 0 Å². The van der Waals surface area contributed by atoms with Crippen molar-refractivity contribution in [2.75, 3.05) is 11.9 Å². The first kappa shape index (κ1) is 14.5. The van der Waals surface area contributed by atoms with Crippen LogP contribution in [0.3, 0.4) is 0 Å². The highest BCUT2D eigenvalue weighted by Gasteiger charge is 2.09. The second kappa shape index (κ2) is 6.50. The summed E-state index contributed by atoms with van der Waals surface area (Å²) in [5.41, 5.74) is 1.07. The number of hydrogen-bond donors (Lipinski definition) is 1. The first-order valence-corrected chi connectivity index (χ1v) is 7.31. The highest BCUT2D eigenvalue weighted by atomic mass is 15.3. The molecule has 20 heavy (non-hydrogen) atoms. The van der Waals surface area contributed by atoms with Crippen molar-refractivity contribution in [2.45, 2.75) is 46.5 Å². The monoisotopic (exact) mass is 273 g/mol. The van der Waals surface area contributed by atoms with Crippen LogP contribution in [0.15, 0.2) is 18.3 Å². The Labute approximate surface area is 120 Å². The summed E-state index contributed by atoms with van der Waals surface area (Å²) in [6.45, 7) is 9.32. The summed E-state index contributed by atoms with van der Waals surface area (Å²) < 4.78 is 1.83. The molecule has 0 aliphatic rings. The lowest BCUT2D eigenvalue weighted by molar-refractivity contribution is 0.743. The molecule has 2 aromatic heterocycles. The van der Waals surface area contributed by atoms with Crippen LogP contribution in [0.25, 0.3) is 5.82 Å². The molecule has 1 N–H and O–H groups in total. The zero-order valence-electron chi connectivity index (χ0n) is 12.7. The minimum atomic E-state index is 0.418. The van der Waals surface area contributed by atoms with E-state index in [0.717, 1.165) is 42.5 Å². The largest absolute Gasteiger partial charge is 0.370 e. The molecule has 0 atom stereocenters. The normalized spacial score (nSPS) is 11.1. The second-order valence-corrected chi connectivity index (χ2v) is 5.15. The van der Waals surface area contributed by atoms with Crippen LogP contribution in [-0.4, -0.2) is 26.3 Å². The van der Waals surface area contributed by atoms with Crippen molar-refractivity contribution in [1.82, 2.24) is 19.7 Å². The van der Waals surface area contributed by atoms with E-state index in [9.17, 15) is 0 Å². The Balaban J connectivity index is 2.37. The molecule has 0 fully saturated rings. The van der Waals surface area contributed by atoms with E-state index in [0.29, 0.717) is 5.92 Å². The quantitative estimate of drug-likeness (QED) is 0.878. The Bertz CT molecular complexity index is 535. The molecule has 0 aromatic carbocycles. The minimum Gasteiger partial charge on any atom is -0.370 e. The molecule has 5 nitrogen and oxygen atoms in total. The van der Waals surface area contributed by atoms with Gasteiger partial charge in [0.2, 0.25) is 0 Å². The standard InChI is InChI=1S/C15H23N5/c1-5-7-13-17-14(16-6-2)10-15(18-13)20-9-8-12(19-20)11(3)4/h8-11H,5-7H2,1-4H3,(H,16,17,18). The third-order valence-electron chi connectivity index (χ3n) is 3.03. The van der Waals surface area contributed by atoms with Gasteiger partial charge in [0.05, 0.1) is 5.69 Å². The molecule has 0 amide bonds. The summed E-state index contributed by atoms with van der Waals surface area (Å²) >= 11 is 0. The zero-order chi connectivity index (χ0) is 14.5. The van der Waals surface area contributed by atoms with Gasteiger partial charge in [-0.25, -0.2) is 14.6 Å². The van der Waals surface area contributed by atoms with Gasteiger partial charge in [0, 0.05) is 25.2 Å². The second-order valence-electron chi connectivity index (χ2n) is 5.15. The van der Waals surface area contributed by atoms with Crippen molar-refractivity contribution >= 4 is 5.82 Å². The predicted molar refractivity (Wildman–Crippen MR) is 81.4 cm³/mol. The molecule has 5 heteroatoms. The van der Waals surface area contributed by atoms with Crippen LogP contribution >= 0.6 is 0 Å². The Morgan fingerprint density at radius 1 is 1.25 bits per heavy atom. The molecule has 0 aliphatic heterocycles. The molecule has 0 unspecified atom stereocenters. The SMILES string of the molecule is CCCc1nc(NCC)cc(-n2ccc(C(C)C)n2)n1. The molecule has 2 rings (SSSR count). The summed E-state index contributed by atoms with van der Waals surface area (Å²) in [5, 5.41) is 7.83. The van der Waals surface area contributed by atoms with Crippen LogP contribution < -0.4 is 5.32 Å². The lowest BCUT2D eigenvalue weighted by Gasteiger charge is -2.08. The first-order valence-electron chi connectivity index (χ1n) is 7.31. The maximum Gasteiger partial charge on any atom is 0.159 e. The average molecular weight is 273 g/mol. The van der Waals surface area contributed by atoms with E-state index in [1.807, 2.05) is 23.0 Å². The molecule has 2 heterocycles. The fourth-order valence-corrected chi connectivity index (χ4v) is 1.98. The maximum atomic E-state index is 4.60. The van der Waals surface area contributed by atoms with Crippen LogP contribution in [0, 0.1) is 0 Å². The summed E-state index contributed by atoms with van der Waals surface area (Å²) in [4.78, 5) is 9.11. The molecule has 108 valence electrons. The molecule has 0 bridgehead atoms.